The van der Waals surface area contributed by atoms with Crippen molar-refractivity contribution < 1.29 is 4.39 Å². The highest BCUT2D eigenvalue weighted by Crippen LogP contribution is 2.28. The molecule has 0 bridgehead atoms. The van der Waals surface area contributed by atoms with Gasteiger partial charge in [0.2, 0.25) is 0 Å². The number of rotatable bonds is 4. The van der Waals surface area contributed by atoms with E-state index in [1.807, 2.05) is 12.1 Å². The quantitative estimate of drug-likeness (QED) is 0.837. The van der Waals surface area contributed by atoms with Crippen LogP contribution in [-0.2, 0) is 0 Å². The lowest BCUT2D eigenvalue weighted by atomic mass is 9.94. The van der Waals surface area contributed by atoms with Crippen LogP contribution in [0.2, 0.25) is 0 Å². The standard InChI is InChI=1S/C17H19BrFN/c1-4-20-17(13-6-8-16(19)15(18)10-13)14-7-5-11(2)9-12(14)3/h5-10,17,20H,4H2,1-3H3. The fourth-order valence-electron chi connectivity index (χ4n) is 2.45. The Morgan fingerprint density at radius 3 is 2.50 bits per heavy atom. The Hall–Kier alpha value is -1.19. The van der Waals surface area contributed by atoms with Crippen LogP contribution >= 0.6 is 15.9 Å². The second kappa shape index (κ2) is 6.51. The molecule has 1 atom stereocenters. The molecule has 0 heterocycles. The van der Waals surface area contributed by atoms with Gasteiger partial charge in [-0.3, -0.25) is 0 Å². The second-order valence-electron chi connectivity index (χ2n) is 5.02. The predicted molar refractivity (Wildman–Crippen MR) is 85.5 cm³/mol. The first kappa shape index (κ1) is 15.2. The number of halogens is 2. The molecule has 106 valence electrons. The number of benzene rings is 2. The molecule has 0 aromatic heterocycles. The molecule has 0 saturated heterocycles. The summed E-state index contributed by atoms with van der Waals surface area (Å²) in [4.78, 5) is 0. The topological polar surface area (TPSA) is 12.0 Å². The highest BCUT2D eigenvalue weighted by molar-refractivity contribution is 9.10. The van der Waals surface area contributed by atoms with Crippen molar-refractivity contribution in [1.82, 2.24) is 5.32 Å². The molecule has 20 heavy (non-hydrogen) atoms. The van der Waals surface area contributed by atoms with E-state index in [4.69, 9.17) is 0 Å². The molecule has 3 heteroatoms. The zero-order valence-electron chi connectivity index (χ0n) is 12.0. The molecule has 0 amide bonds. The van der Waals surface area contributed by atoms with Crippen LogP contribution in [0.25, 0.3) is 0 Å². The average molecular weight is 336 g/mol. The Morgan fingerprint density at radius 1 is 1.15 bits per heavy atom. The van der Waals surface area contributed by atoms with E-state index in [1.165, 1.54) is 22.8 Å². The SMILES string of the molecule is CCNC(c1ccc(F)c(Br)c1)c1ccc(C)cc1C. The largest absolute Gasteiger partial charge is 0.307 e. The Labute approximate surface area is 128 Å². The average Bonchev–Trinajstić information content (AvgIpc) is 2.40. The van der Waals surface area contributed by atoms with Gasteiger partial charge in [-0.1, -0.05) is 36.8 Å². The summed E-state index contributed by atoms with van der Waals surface area (Å²) in [6, 6.07) is 11.7. The van der Waals surface area contributed by atoms with Gasteiger partial charge in [0.05, 0.1) is 10.5 Å². The zero-order chi connectivity index (χ0) is 14.7. The molecule has 2 aromatic carbocycles. The number of hydrogen-bond donors (Lipinski definition) is 1. The van der Waals surface area contributed by atoms with Gasteiger partial charge in [0.25, 0.3) is 0 Å². The van der Waals surface area contributed by atoms with Crippen molar-refractivity contribution in [2.75, 3.05) is 6.54 Å². The molecular weight excluding hydrogens is 317 g/mol. The number of hydrogen-bond acceptors (Lipinski definition) is 1. The summed E-state index contributed by atoms with van der Waals surface area (Å²) >= 11 is 3.27. The first-order valence-electron chi connectivity index (χ1n) is 6.78. The zero-order valence-corrected chi connectivity index (χ0v) is 13.6. The minimum atomic E-state index is -0.232. The summed E-state index contributed by atoms with van der Waals surface area (Å²) in [7, 11) is 0. The van der Waals surface area contributed by atoms with Gasteiger partial charge >= 0.3 is 0 Å². The Morgan fingerprint density at radius 2 is 1.90 bits per heavy atom. The van der Waals surface area contributed by atoms with Gasteiger partial charge in [-0.05, 0) is 65.1 Å². The van der Waals surface area contributed by atoms with E-state index in [0.29, 0.717) is 4.47 Å². The maximum atomic E-state index is 13.4. The molecule has 1 unspecified atom stereocenters. The van der Waals surface area contributed by atoms with E-state index >= 15 is 0 Å². The summed E-state index contributed by atoms with van der Waals surface area (Å²) < 4.78 is 13.9. The third-order valence-electron chi connectivity index (χ3n) is 3.42. The Kier molecular flexibility index (Phi) is 4.95. The van der Waals surface area contributed by atoms with Crippen molar-refractivity contribution in [1.29, 1.82) is 0 Å². The van der Waals surface area contributed by atoms with E-state index < -0.39 is 0 Å². The van der Waals surface area contributed by atoms with E-state index in [0.717, 1.165) is 12.1 Å². The smallest absolute Gasteiger partial charge is 0.137 e. The van der Waals surface area contributed by atoms with E-state index in [2.05, 4.69) is 60.2 Å². The molecule has 0 saturated carbocycles. The molecule has 0 aliphatic heterocycles. The second-order valence-corrected chi connectivity index (χ2v) is 5.88. The molecule has 0 radical (unpaired) electrons. The van der Waals surface area contributed by atoms with Crippen LogP contribution in [0, 0.1) is 19.7 Å². The van der Waals surface area contributed by atoms with Crippen LogP contribution in [0.1, 0.15) is 35.2 Å². The van der Waals surface area contributed by atoms with Gasteiger partial charge in [0, 0.05) is 0 Å². The molecule has 1 N–H and O–H groups in total. The van der Waals surface area contributed by atoms with Crippen LogP contribution < -0.4 is 5.32 Å². The lowest BCUT2D eigenvalue weighted by molar-refractivity contribution is 0.607. The fraction of sp³-hybridized carbons (Fsp3) is 0.294. The van der Waals surface area contributed by atoms with Crippen LogP contribution in [0.3, 0.4) is 0 Å². The van der Waals surface area contributed by atoms with Crippen LogP contribution in [-0.4, -0.2) is 6.54 Å². The van der Waals surface area contributed by atoms with Crippen LogP contribution in [0.15, 0.2) is 40.9 Å². The highest BCUT2D eigenvalue weighted by atomic mass is 79.9. The van der Waals surface area contributed by atoms with E-state index in [1.54, 1.807) is 0 Å². The molecule has 2 rings (SSSR count). The molecule has 0 aliphatic carbocycles. The normalized spacial score (nSPS) is 12.4. The third kappa shape index (κ3) is 3.28. The fourth-order valence-corrected chi connectivity index (χ4v) is 2.85. The maximum Gasteiger partial charge on any atom is 0.137 e. The first-order valence-corrected chi connectivity index (χ1v) is 7.57. The van der Waals surface area contributed by atoms with Crippen molar-refractivity contribution in [2.45, 2.75) is 26.8 Å². The minimum absolute atomic E-state index is 0.0810. The Balaban J connectivity index is 2.47. The lowest BCUT2D eigenvalue weighted by Gasteiger charge is -2.21. The minimum Gasteiger partial charge on any atom is -0.307 e. The summed E-state index contributed by atoms with van der Waals surface area (Å²) in [5.74, 6) is -0.232. The molecule has 0 aliphatic rings. The van der Waals surface area contributed by atoms with Crippen molar-refractivity contribution in [3.8, 4) is 0 Å². The molecule has 2 aromatic rings. The van der Waals surface area contributed by atoms with Gasteiger partial charge in [-0.2, -0.15) is 0 Å². The molecule has 1 nitrogen and oxygen atoms in total. The molecule has 0 spiro atoms. The summed E-state index contributed by atoms with van der Waals surface area (Å²) in [5, 5.41) is 3.48. The molecule has 0 fully saturated rings. The predicted octanol–water partition coefficient (Wildman–Crippen LogP) is 4.90. The van der Waals surface area contributed by atoms with Crippen molar-refractivity contribution in [3.63, 3.8) is 0 Å². The molecular formula is C17H19BrFN. The van der Waals surface area contributed by atoms with Crippen molar-refractivity contribution >= 4 is 15.9 Å². The summed E-state index contributed by atoms with van der Waals surface area (Å²) in [5.41, 5.74) is 4.79. The highest BCUT2D eigenvalue weighted by Gasteiger charge is 2.16. The third-order valence-corrected chi connectivity index (χ3v) is 4.03. The van der Waals surface area contributed by atoms with Gasteiger partial charge in [-0.15, -0.1) is 0 Å². The van der Waals surface area contributed by atoms with Gasteiger partial charge in [-0.25, -0.2) is 4.39 Å². The Bertz CT molecular complexity index is 610. The number of nitrogens with one attached hydrogen (secondary N) is 1. The van der Waals surface area contributed by atoms with E-state index in [9.17, 15) is 4.39 Å². The maximum absolute atomic E-state index is 13.4. The van der Waals surface area contributed by atoms with E-state index in [-0.39, 0.29) is 11.9 Å². The first-order chi connectivity index (χ1) is 9.52. The van der Waals surface area contributed by atoms with Crippen molar-refractivity contribution in [2.24, 2.45) is 0 Å². The van der Waals surface area contributed by atoms with Gasteiger partial charge in [0.15, 0.2) is 0 Å². The summed E-state index contributed by atoms with van der Waals surface area (Å²) in [6.45, 7) is 7.14. The van der Waals surface area contributed by atoms with Gasteiger partial charge in [0.1, 0.15) is 5.82 Å². The van der Waals surface area contributed by atoms with Crippen LogP contribution in [0.5, 0.6) is 0 Å². The number of aryl methyl sites for hydroxylation is 2. The summed E-state index contributed by atoms with van der Waals surface area (Å²) in [6.07, 6.45) is 0. The van der Waals surface area contributed by atoms with Gasteiger partial charge < -0.3 is 5.32 Å². The lowest BCUT2D eigenvalue weighted by Crippen LogP contribution is -2.22. The van der Waals surface area contributed by atoms with Crippen molar-refractivity contribution in [3.05, 3.63) is 68.9 Å². The monoisotopic (exact) mass is 335 g/mol. The van der Waals surface area contributed by atoms with Crippen LogP contribution in [0.4, 0.5) is 4.39 Å².